The lowest BCUT2D eigenvalue weighted by Gasteiger charge is -2.35. The van der Waals surface area contributed by atoms with E-state index < -0.39 is 0 Å². The van der Waals surface area contributed by atoms with E-state index in [9.17, 15) is 0 Å². The molecule has 2 rings (SSSR count). The minimum atomic E-state index is 0.480. The topological polar surface area (TPSA) is 18.5 Å². The maximum Gasteiger partial charge on any atom is 0.0472 e. The lowest BCUT2D eigenvalue weighted by molar-refractivity contribution is 0.184. The zero-order chi connectivity index (χ0) is 15.1. The van der Waals surface area contributed by atoms with E-state index in [0.29, 0.717) is 12.1 Å². The fourth-order valence-electron chi connectivity index (χ4n) is 3.41. The molecule has 2 unspecified atom stereocenters. The minimum absolute atomic E-state index is 0.480. The summed E-state index contributed by atoms with van der Waals surface area (Å²) in [5.41, 5.74) is 1.43. The van der Waals surface area contributed by atoms with Crippen molar-refractivity contribution in [1.29, 1.82) is 0 Å². The summed E-state index contributed by atoms with van der Waals surface area (Å²) in [7, 11) is 2.23. The Kier molecular flexibility index (Phi) is 6.68. The summed E-state index contributed by atoms with van der Waals surface area (Å²) in [4.78, 5) is 4.99. The maximum absolute atomic E-state index is 3.82. The maximum atomic E-state index is 3.82. The van der Waals surface area contributed by atoms with E-state index in [1.54, 1.807) is 0 Å². The molecule has 1 fully saturated rings. The van der Waals surface area contributed by atoms with Crippen LogP contribution >= 0.6 is 0 Å². The molecule has 3 heteroatoms. The van der Waals surface area contributed by atoms with Crippen molar-refractivity contribution in [3.8, 4) is 0 Å². The molecule has 1 aromatic carbocycles. The number of nitrogens with zero attached hydrogens (tertiary/aromatic N) is 2. The molecule has 0 spiro atoms. The van der Waals surface area contributed by atoms with Gasteiger partial charge in [0.05, 0.1) is 0 Å². The Labute approximate surface area is 130 Å². The van der Waals surface area contributed by atoms with Crippen molar-refractivity contribution in [2.24, 2.45) is 0 Å². The van der Waals surface area contributed by atoms with E-state index >= 15 is 0 Å². The third-order valence-corrected chi connectivity index (χ3v) is 4.66. The second-order valence-electron chi connectivity index (χ2n) is 6.16. The van der Waals surface area contributed by atoms with Crippen LogP contribution in [0.3, 0.4) is 0 Å². The number of hydrogen-bond acceptors (Lipinski definition) is 3. The molecule has 1 aliphatic heterocycles. The highest BCUT2D eigenvalue weighted by atomic mass is 15.2. The number of benzene rings is 1. The standard InChI is InChI=1S/C18H31N3/c1-4-21(5-2)18(16-10-7-6-8-11-16)14-19-17-12-9-13-20(3)15-17/h6-8,10-11,17-19H,4-5,9,12-15H2,1-3H3. The molecule has 1 heterocycles. The number of likely N-dealkylation sites (N-methyl/N-ethyl adjacent to an activating group) is 2. The first-order valence-corrected chi connectivity index (χ1v) is 8.45. The van der Waals surface area contributed by atoms with Gasteiger partial charge in [-0.3, -0.25) is 4.90 Å². The van der Waals surface area contributed by atoms with Crippen LogP contribution in [0, 0.1) is 0 Å². The van der Waals surface area contributed by atoms with Crippen LogP contribution in [0.2, 0.25) is 0 Å². The summed E-state index contributed by atoms with van der Waals surface area (Å²) < 4.78 is 0. The Balaban J connectivity index is 1.99. The summed E-state index contributed by atoms with van der Waals surface area (Å²) >= 11 is 0. The molecule has 0 saturated carbocycles. The van der Waals surface area contributed by atoms with Gasteiger partial charge in [-0.05, 0) is 45.1 Å². The van der Waals surface area contributed by atoms with Gasteiger partial charge < -0.3 is 10.2 Å². The lowest BCUT2D eigenvalue weighted by Crippen LogP contribution is -2.47. The van der Waals surface area contributed by atoms with Gasteiger partial charge in [0.2, 0.25) is 0 Å². The quantitative estimate of drug-likeness (QED) is 0.833. The van der Waals surface area contributed by atoms with Gasteiger partial charge in [0.25, 0.3) is 0 Å². The second-order valence-corrected chi connectivity index (χ2v) is 6.16. The average molecular weight is 289 g/mol. The predicted octanol–water partition coefficient (Wildman–Crippen LogP) is 2.75. The van der Waals surface area contributed by atoms with Crippen LogP contribution < -0.4 is 5.32 Å². The molecule has 1 N–H and O–H groups in total. The minimum Gasteiger partial charge on any atom is -0.311 e. The van der Waals surface area contributed by atoms with Crippen LogP contribution in [0.4, 0.5) is 0 Å². The Morgan fingerprint density at radius 2 is 1.95 bits per heavy atom. The van der Waals surface area contributed by atoms with Gasteiger partial charge in [0.1, 0.15) is 0 Å². The summed E-state index contributed by atoms with van der Waals surface area (Å²) in [5.74, 6) is 0. The van der Waals surface area contributed by atoms with Crippen molar-refractivity contribution in [3.05, 3.63) is 35.9 Å². The molecule has 1 saturated heterocycles. The number of nitrogens with one attached hydrogen (secondary N) is 1. The summed E-state index contributed by atoms with van der Waals surface area (Å²) in [6, 6.07) is 12.1. The van der Waals surface area contributed by atoms with Crippen molar-refractivity contribution in [1.82, 2.24) is 15.1 Å². The first kappa shape index (κ1) is 16.5. The number of hydrogen-bond donors (Lipinski definition) is 1. The van der Waals surface area contributed by atoms with Crippen LogP contribution in [0.1, 0.15) is 38.3 Å². The Bertz CT molecular complexity index is 389. The zero-order valence-corrected chi connectivity index (χ0v) is 13.9. The summed E-state index contributed by atoms with van der Waals surface area (Å²) in [5, 5.41) is 3.82. The lowest BCUT2D eigenvalue weighted by atomic mass is 10.0. The third kappa shape index (κ3) is 4.80. The SMILES string of the molecule is CCN(CC)C(CNC1CCCN(C)C1)c1ccccc1. The van der Waals surface area contributed by atoms with Gasteiger partial charge in [0, 0.05) is 25.2 Å². The van der Waals surface area contributed by atoms with Gasteiger partial charge >= 0.3 is 0 Å². The molecule has 2 atom stereocenters. The molecule has 3 nitrogen and oxygen atoms in total. The molecule has 1 aromatic rings. The zero-order valence-electron chi connectivity index (χ0n) is 13.9. The highest BCUT2D eigenvalue weighted by Gasteiger charge is 2.21. The molecule has 1 aliphatic rings. The monoisotopic (exact) mass is 289 g/mol. The van der Waals surface area contributed by atoms with Crippen LogP contribution in [-0.4, -0.2) is 55.6 Å². The average Bonchev–Trinajstić information content (AvgIpc) is 2.52. The molecule has 0 bridgehead atoms. The van der Waals surface area contributed by atoms with Crippen molar-refractivity contribution in [2.75, 3.05) is 39.8 Å². The molecule has 0 aromatic heterocycles. The van der Waals surface area contributed by atoms with Crippen LogP contribution in [0.5, 0.6) is 0 Å². The van der Waals surface area contributed by atoms with E-state index in [-0.39, 0.29) is 0 Å². The van der Waals surface area contributed by atoms with Gasteiger partial charge in [0.15, 0.2) is 0 Å². The van der Waals surface area contributed by atoms with Crippen molar-refractivity contribution in [3.63, 3.8) is 0 Å². The van der Waals surface area contributed by atoms with Crippen LogP contribution in [0.15, 0.2) is 30.3 Å². The van der Waals surface area contributed by atoms with Gasteiger partial charge in [-0.1, -0.05) is 44.2 Å². The van der Waals surface area contributed by atoms with E-state index in [4.69, 9.17) is 0 Å². The number of rotatable bonds is 7. The fraction of sp³-hybridized carbons (Fsp3) is 0.667. The first-order chi connectivity index (χ1) is 10.2. The first-order valence-electron chi connectivity index (χ1n) is 8.45. The molecular formula is C18H31N3. The molecule has 21 heavy (non-hydrogen) atoms. The molecular weight excluding hydrogens is 258 g/mol. The number of likely N-dealkylation sites (tertiary alicyclic amines) is 1. The van der Waals surface area contributed by atoms with Crippen molar-refractivity contribution in [2.45, 2.75) is 38.8 Å². The Hall–Kier alpha value is -0.900. The van der Waals surface area contributed by atoms with Gasteiger partial charge in [-0.25, -0.2) is 0 Å². The van der Waals surface area contributed by atoms with Gasteiger partial charge in [-0.2, -0.15) is 0 Å². The molecule has 0 radical (unpaired) electrons. The Morgan fingerprint density at radius 1 is 1.24 bits per heavy atom. The largest absolute Gasteiger partial charge is 0.311 e. The smallest absolute Gasteiger partial charge is 0.0472 e. The summed E-state index contributed by atoms with van der Waals surface area (Å²) in [6.45, 7) is 10.2. The van der Waals surface area contributed by atoms with Crippen LogP contribution in [0.25, 0.3) is 0 Å². The van der Waals surface area contributed by atoms with E-state index in [0.717, 1.165) is 19.6 Å². The number of piperidine rings is 1. The van der Waals surface area contributed by atoms with E-state index in [1.807, 2.05) is 0 Å². The highest BCUT2D eigenvalue weighted by molar-refractivity contribution is 5.19. The molecule has 0 amide bonds. The predicted molar refractivity (Wildman–Crippen MR) is 90.6 cm³/mol. The molecule has 0 aliphatic carbocycles. The highest BCUT2D eigenvalue weighted by Crippen LogP contribution is 2.20. The normalized spacial score (nSPS) is 21.6. The third-order valence-electron chi connectivity index (χ3n) is 4.66. The van der Waals surface area contributed by atoms with Crippen molar-refractivity contribution >= 4 is 0 Å². The summed E-state index contributed by atoms with van der Waals surface area (Å²) in [6.07, 6.45) is 2.62. The fourth-order valence-corrected chi connectivity index (χ4v) is 3.41. The van der Waals surface area contributed by atoms with Gasteiger partial charge in [-0.15, -0.1) is 0 Å². The second kappa shape index (κ2) is 8.52. The van der Waals surface area contributed by atoms with E-state index in [1.165, 1.54) is 31.5 Å². The van der Waals surface area contributed by atoms with Crippen molar-refractivity contribution < 1.29 is 0 Å². The Morgan fingerprint density at radius 3 is 2.57 bits per heavy atom. The van der Waals surface area contributed by atoms with Crippen LogP contribution in [-0.2, 0) is 0 Å². The van der Waals surface area contributed by atoms with E-state index in [2.05, 4.69) is 66.3 Å². The molecule has 118 valence electrons.